The number of aryl methyl sites for hydroxylation is 1. The minimum absolute atomic E-state index is 0.0346. The van der Waals surface area contributed by atoms with Gasteiger partial charge >= 0.3 is 0 Å². The van der Waals surface area contributed by atoms with Crippen molar-refractivity contribution in [3.8, 4) is 0 Å². The Hall–Kier alpha value is -0.460. The number of aromatic nitrogens is 3. The number of halogens is 1. The topological polar surface area (TPSA) is 46.0 Å². The van der Waals surface area contributed by atoms with Crippen LogP contribution in [0.4, 0.5) is 0 Å². The third-order valence-corrected chi connectivity index (χ3v) is 4.12. The van der Waals surface area contributed by atoms with Crippen molar-refractivity contribution < 1.29 is 0 Å². The summed E-state index contributed by atoms with van der Waals surface area (Å²) in [5, 5.41) is 11.8. The molecule has 0 aromatic carbocycles. The van der Waals surface area contributed by atoms with Crippen molar-refractivity contribution in [1.82, 2.24) is 25.2 Å². The van der Waals surface area contributed by atoms with Gasteiger partial charge in [0.15, 0.2) is 4.60 Å². The van der Waals surface area contributed by atoms with Crippen LogP contribution in [0, 0.1) is 0 Å². The Bertz CT molecular complexity index is 366. The molecule has 0 saturated carbocycles. The van der Waals surface area contributed by atoms with Crippen molar-refractivity contribution in [2.24, 2.45) is 7.05 Å². The molecule has 0 radical (unpaired) electrons. The molecule has 1 N–H and O–H groups in total. The molecular weight excluding hydrogens is 294 g/mol. The molecule has 1 unspecified atom stereocenters. The van der Waals surface area contributed by atoms with Crippen molar-refractivity contribution in [2.45, 2.75) is 38.8 Å². The van der Waals surface area contributed by atoms with Crippen LogP contribution in [0.1, 0.15) is 38.9 Å². The predicted octanol–water partition coefficient (Wildman–Crippen LogP) is 1.96. The lowest BCUT2D eigenvalue weighted by Gasteiger charge is -2.40. The number of hydrogen-bond acceptors (Lipinski definition) is 4. The Morgan fingerprint density at radius 1 is 1.44 bits per heavy atom. The molecule has 1 atom stereocenters. The molecule has 0 aliphatic heterocycles. The second-order valence-electron chi connectivity index (χ2n) is 5.32. The average Bonchev–Trinajstić information content (AvgIpc) is 2.60. The minimum atomic E-state index is -0.0346. The van der Waals surface area contributed by atoms with Crippen molar-refractivity contribution >= 4 is 15.9 Å². The van der Waals surface area contributed by atoms with Gasteiger partial charge in [0, 0.05) is 12.6 Å². The third-order valence-electron chi connectivity index (χ3n) is 3.56. The molecule has 0 amide bonds. The highest BCUT2D eigenvalue weighted by Crippen LogP contribution is 2.32. The fourth-order valence-electron chi connectivity index (χ4n) is 1.87. The van der Waals surface area contributed by atoms with Gasteiger partial charge in [0.05, 0.1) is 11.7 Å². The maximum Gasteiger partial charge on any atom is 0.153 e. The number of nitrogens with zero attached hydrogens (tertiary/aromatic N) is 4. The maximum atomic E-state index is 4.09. The Morgan fingerprint density at radius 3 is 2.44 bits per heavy atom. The zero-order chi connectivity index (χ0) is 13.9. The number of nitrogens with one attached hydrogen (secondary N) is 1. The van der Waals surface area contributed by atoms with E-state index in [4.69, 9.17) is 0 Å². The van der Waals surface area contributed by atoms with E-state index in [1.807, 2.05) is 11.7 Å². The monoisotopic (exact) mass is 317 g/mol. The van der Waals surface area contributed by atoms with E-state index in [9.17, 15) is 0 Å². The van der Waals surface area contributed by atoms with Gasteiger partial charge in [0.25, 0.3) is 0 Å². The van der Waals surface area contributed by atoms with Crippen LogP contribution in [-0.4, -0.2) is 46.1 Å². The Labute approximate surface area is 118 Å². The normalized spacial score (nSPS) is 14.2. The Balaban J connectivity index is 3.13. The van der Waals surface area contributed by atoms with Gasteiger partial charge in [-0.15, -0.1) is 5.10 Å². The molecule has 18 heavy (non-hydrogen) atoms. The van der Waals surface area contributed by atoms with Crippen LogP contribution < -0.4 is 5.32 Å². The largest absolute Gasteiger partial charge is 0.307 e. The molecule has 0 bridgehead atoms. The fourth-order valence-corrected chi connectivity index (χ4v) is 2.43. The minimum Gasteiger partial charge on any atom is -0.307 e. The lowest BCUT2D eigenvalue weighted by Crippen LogP contribution is -2.50. The van der Waals surface area contributed by atoms with Gasteiger partial charge in [0.1, 0.15) is 0 Å². The standard InChI is InChI=1S/C12H24BrN5/c1-7-8-14-10(12(2,3)17(4)5)9-11(13)15-16-18(9)6/h10,14H,7-8H2,1-6H3. The van der Waals surface area contributed by atoms with E-state index in [0.717, 1.165) is 23.3 Å². The molecular formula is C12H24BrN5. The first-order chi connectivity index (χ1) is 8.32. The lowest BCUT2D eigenvalue weighted by atomic mass is 9.90. The van der Waals surface area contributed by atoms with Crippen LogP contribution in [0.15, 0.2) is 4.60 Å². The summed E-state index contributed by atoms with van der Waals surface area (Å²) >= 11 is 3.50. The van der Waals surface area contributed by atoms with Crippen molar-refractivity contribution in [3.63, 3.8) is 0 Å². The molecule has 1 heterocycles. The van der Waals surface area contributed by atoms with Crippen LogP contribution in [0.5, 0.6) is 0 Å². The van der Waals surface area contributed by atoms with Gasteiger partial charge in [-0.05, 0) is 56.8 Å². The summed E-state index contributed by atoms with van der Waals surface area (Å²) in [4.78, 5) is 2.22. The number of hydrogen-bond donors (Lipinski definition) is 1. The van der Waals surface area contributed by atoms with E-state index in [2.05, 4.69) is 71.3 Å². The SMILES string of the molecule is CCCNC(c1c(Br)nnn1C)C(C)(C)N(C)C. The first kappa shape index (κ1) is 15.6. The zero-order valence-corrected chi connectivity index (χ0v) is 13.7. The van der Waals surface area contributed by atoms with Crippen LogP contribution >= 0.6 is 15.9 Å². The van der Waals surface area contributed by atoms with Crippen LogP contribution in [0.3, 0.4) is 0 Å². The van der Waals surface area contributed by atoms with E-state index in [0.29, 0.717) is 0 Å². The van der Waals surface area contributed by atoms with Gasteiger partial charge in [-0.25, -0.2) is 4.68 Å². The summed E-state index contributed by atoms with van der Waals surface area (Å²) in [6.07, 6.45) is 1.10. The molecule has 0 saturated heterocycles. The summed E-state index contributed by atoms with van der Waals surface area (Å²) in [6, 6.07) is 0.168. The van der Waals surface area contributed by atoms with Gasteiger partial charge < -0.3 is 10.2 Å². The van der Waals surface area contributed by atoms with Crippen LogP contribution in [0.25, 0.3) is 0 Å². The van der Waals surface area contributed by atoms with E-state index >= 15 is 0 Å². The van der Waals surface area contributed by atoms with Crippen LogP contribution in [-0.2, 0) is 7.05 Å². The van der Waals surface area contributed by atoms with Gasteiger partial charge in [-0.2, -0.15) is 0 Å². The lowest BCUT2D eigenvalue weighted by molar-refractivity contribution is 0.133. The summed E-state index contributed by atoms with van der Waals surface area (Å²) in [5.41, 5.74) is 1.05. The highest BCUT2D eigenvalue weighted by molar-refractivity contribution is 9.10. The van der Waals surface area contributed by atoms with Crippen molar-refractivity contribution in [1.29, 1.82) is 0 Å². The summed E-state index contributed by atoms with van der Waals surface area (Å²) < 4.78 is 2.65. The Kier molecular flexibility index (Phi) is 5.31. The molecule has 5 nitrogen and oxygen atoms in total. The van der Waals surface area contributed by atoms with Gasteiger partial charge in [0.2, 0.25) is 0 Å². The summed E-state index contributed by atoms with van der Waals surface area (Å²) in [6.45, 7) is 7.59. The van der Waals surface area contributed by atoms with E-state index in [1.54, 1.807) is 0 Å². The Morgan fingerprint density at radius 2 is 2.06 bits per heavy atom. The molecule has 0 spiro atoms. The first-order valence-electron chi connectivity index (χ1n) is 6.28. The summed E-state index contributed by atoms with van der Waals surface area (Å²) in [5.74, 6) is 0. The molecule has 6 heteroatoms. The average molecular weight is 318 g/mol. The molecule has 1 aromatic rings. The maximum absolute atomic E-state index is 4.09. The third kappa shape index (κ3) is 3.10. The van der Waals surface area contributed by atoms with E-state index < -0.39 is 0 Å². The quantitative estimate of drug-likeness (QED) is 0.871. The fraction of sp³-hybridized carbons (Fsp3) is 0.833. The number of rotatable bonds is 6. The molecule has 0 aliphatic rings. The van der Waals surface area contributed by atoms with Gasteiger partial charge in [-0.1, -0.05) is 12.1 Å². The molecule has 104 valence electrons. The van der Waals surface area contributed by atoms with E-state index in [-0.39, 0.29) is 11.6 Å². The highest BCUT2D eigenvalue weighted by Gasteiger charge is 2.36. The molecule has 1 aromatic heterocycles. The molecule has 0 fully saturated rings. The van der Waals surface area contributed by atoms with Crippen molar-refractivity contribution in [3.05, 3.63) is 10.3 Å². The predicted molar refractivity (Wildman–Crippen MR) is 77.5 cm³/mol. The van der Waals surface area contributed by atoms with Crippen molar-refractivity contribution in [2.75, 3.05) is 20.6 Å². The zero-order valence-electron chi connectivity index (χ0n) is 12.2. The number of likely N-dealkylation sites (N-methyl/N-ethyl adjacent to an activating group) is 1. The van der Waals surface area contributed by atoms with Gasteiger partial charge in [-0.3, -0.25) is 0 Å². The highest BCUT2D eigenvalue weighted by atomic mass is 79.9. The second kappa shape index (κ2) is 6.12. The first-order valence-corrected chi connectivity index (χ1v) is 7.07. The van der Waals surface area contributed by atoms with E-state index in [1.165, 1.54) is 0 Å². The second-order valence-corrected chi connectivity index (χ2v) is 6.08. The molecule has 0 aliphatic carbocycles. The summed E-state index contributed by atoms with van der Waals surface area (Å²) in [7, 11) is 6.12. The van der Waals surface area contributed by atoms with Crippen LogP contribution in [0.2, 0.25) is 0 Å². The smallest absolute Gasteiger partial charge is 0.153 e. The molecule has 1 rings (SSSR count).